The molecule has 0 radical (unpaired) electrons. The number of carbonyl (C=O) groups is 4. The number of nitrogens with zero attached hydrogens (tertiary/aromatic N) is 2. The summed E-state index contributed by atoms with van der Waals surface area (Å²) in [5, 5.41) is 3.04. The van der Waals surface area contributed by atoms with Crippen molar-refractivity contribution in [1.82, 2.24) is 15.1 Å². The van der Waals surface area contributed by atoms with E-state index in [2.05, 4.69) is 5.32 Å². The third-order valence-electron chi connectivity index (χ3n) is 5.95. The molecule has 0 bridgehead atoms. The maximum atomic E-state index is 13.0. The Morgan fingerprint density at radius 2 is 1.48 bits per heavy atom. The highest BCUT2D eigenvalue weighted by atomic mass is 16.2. The summed E-state index contributed by atoms with van der Waals surface area (Å²) in [5.74, 6) is -1.13. The monoisotopic (exact) mass is 419 g/mol. The molecule has 7 heteroatoms. The van der Waals surface area contributed by atoms with Crippen LogP contribution in [0.1, 0.15) is 46.0 Å². The molecular formula is C24H25N3O4. The van der Waals surface area contributed by atoms with Crippen LogP contribution >= 0.6 is 0 Å². The lowest BCUT2D eigenvalue weighted by molar-refractivity contribution is -0.136. The molecule has 0 aromatic heterocycles. The molecule has 1 fully saturated rings. The van der Waals surface area contributed by atoms with Gasteiger partial charge in [0.2, 0.25) is 11.8 Å². The lowest BCUT2D eigenvalue weighted by Crippen LogP contribution is -2.53. The highest BCUT2D eigenvalue weighted by Gasteiger charge is 2.42. The number of benzene rings is 2. The molecule has 0 spiro atoms. The zero-order chi connectivity index (χ0) is 22.0. The van der Waals surface area contributed by atoms with Crippen molar-refractivity contribution in [3.8, 4) is 0 Å². The second-order valence-electron chi connectivity index (χ2n) is 8.03. The average molecular weight is 419 g/mol. The van der Waals surface area contributed by atoms with Gasteiger partial charge in [-0.1, -0.05) is 42.5 Å². The van der Waals surface area contributed by atoms with Crippen molar-refractivity contribution in [3.63, 3.8) is 0 Å². The Kier molecular flexibility index (Phi) is 5.84. The molecule has 2 aromatic rings. The number of nitrogens with one attached hydrogen (secondary N) is 1. The lowest BCUT2D eigenvalue weighted by atomic mass is 10.0. The third-order valence-corrected chi connectivity index (χ3v) is 5.95. The summed E-state index contributed by atoms with van der Waals surface area (Å²) in [6.07, 6.45) is 1.61. The maximum Gasteiger partial charge on any atom is 0.262 e. The minimum atomic E-state index is -0.864. The number of fused-ring (bicyclic) bond motifs is 1. The van der Waals surface area contributed by atoms with Gasteiger partial charge in [0.1, 0.15) is 6.04 Å². The summed E-state index contributed by atoms with van der Waals surface area (Å²) in [7, 11) is 0. The predicted molar refractivity (Wildman–Crippen MR) is 114 cm³/mol. The zero-order valence-electron chi connectivity index (χ0n) is 17.4. The fourth-order valence-electron chi connectivity index (χ4n) is 4.24. The fourth-order valence-corrected chi connectivity index (χ4v) is 4.24. The molecule has 1 saturated heterocycles. The molecule has 1 N–H and O–H groups in total. The van der Waals surface area contributed by atoms with Gasteiger partial charge in [-0.15, -0.1) is 0 Å². The third kappa shape index (κ3) is 4.21. The minimum Gasteiger partial charge on any atom is -0.353 e. The van der Waals surface area contributed by atoms with Gasteiger partial charge in [-0.3, -0.25) is 24.1 Å². The molecular weight excluding hydrogens is 394 g/mol. The van der Waals surface area contributed by atoms with E-state index in [9.17, 15) is 19.2 Å². The summed E-state index contributed by atoms with van der Waals surface area (Å²) >= 11 is 0. The van der Waals surface area contributed by atoms with Gasteiger partial charge in [0.25, 0.3) is 11.8 Å². The van der Waals surface area contributed by atoms with E-state index in [1.807, 2.05) is 30.3 Å². The topological polar surface area (TPSA) is 86.8 Å². The Balaban J connectivity index is 1.31. The molecule has 1 unspecified atom stereocenters. The molecule has 7 nitrogen and oxygen atoms in total. The van der Waals surface area contributed by atoms with Crippen molar-refractivity contribution in [2.45, 2.75) is 38.3 Å². The first-order valence-electron chi connectivity index (χ1n) is 10.5. The Labute approximate surface area is 181 Å². The van der Waals surface area contributed by atoms with E-state index in [4.69, 9.17) is 0 Å². The van der Waals surface area contributed by atoms with Crippen molar-refractivity contribution >= 4 is 23.6 Å². The largest absolute Gasteiger partial charge is 0.353 e. The Hall–Kier alpha value is -3.48. The molecule has 0 aliphatic carbocycles. The number of hydrogen-bond donors (Lipinski definition) is 1. The predicted octanol–water partition coefficient (Wildman–Crippen LogP) is 2.02. The van der Waals surface area contributed by atoms with Crippen LogP contribution in [0.4, 0.5) is 0 Å². The van der Waals surface area contributed by atoms with Gasteiger partial charge >= 0.3 is 0 Å². The molecule has 31 heavy (non-hydrogen) atoms. The second kappa shape index (κ2) is 8.71. The van der Waals surface area contributed by atoms with Crippen molar-refractivity contribution in [1.29, 1.82) is 0 Å². The first kappa shape index (κ1) is 20.8. The summed E-state index contributed by atoms with van der Waals surface area (Å²) in [4.78, 5) is 53.3. The summed E-state index contributed by atoms with van der Waals surface area (Å²) in [6.45, 7) is 2.54. The van der Waals surface area contributed by atoms with E-state index in [1.54, 1.807) is 36.1 Å². The molecule has 4 amide bonds. The van der Waals surface area contributed by atoms with E-state index in [-0.39, 0.29) is 17.9 Å². The Bertz CT molecular complexity index is 977. The number of rotatable bonds is 5. The first-order valence-corrected chi connectivity index (χ1v) is 10.5. The molecule has 0 saturated carbocycles. The average Bonchev–Trinajstić information content (AvgIpc) is 3.04. The van der Waals surface area contributed by atoms with Crippen molar-refractivity contribution in [3.05, 3.63) is 71.3 Å². The zero-order valence-corrected chi connectivity index (χ0v) is 17.4. The van der Waals surface area contributed by atoms with E-state index < -0.39 is 17.9 Å². The van der Waals surface area contributed by atoms with Gasteiger partial charge in [0.15, 0.2) is 0 Å². The van der Waals surface area contributed by atoms with Crippen molar-refractivity contribution in [2.75, 3.05) is 13.1 Å². The SMILES string of the molecule is CC(C(=O)N1CCC(NC(=O)Cc2ccccc2)CC1)N1C(=O)c2ccccc2C1=O. The van der Waals surface area contributed by atoms with Gasteiger partial charge in [0, 0.05) is 19.1 Å². The summed E-state index contributed by atoms with van der Waals surface area (Å²) in [5.41, 5.74) is 1.64. The second-order valence-corrected chi connectivity index (χ2v) is 8.03. The number of amides is 4. The number of imide groups is 1. The maximum absolute atomic E-state index is 13.0. The molecule has 2 heterocycles. The summed E-state index contributed by atoms with van der Waals surface area (Å²) < 4.78 is 0. The van der Waals surface area contributed by atoms with Crippen LogP contribution in [0.15, 0.2) is 54.6 Å². The first-order chi connectivity index (χ1) is 15.0. The quantitative estimate of drug-likeness (QED) is 0.752. The van der Waals surface area contributed by atoms with Gasteiger partial charge in [0.05, 0.1) is 17.5 Å². The van der Waals surface area contributed by atoms with Gasteiger partial charge in [-0.2, -0.15) is 0 Å². The van der Waals surface area contributed by atoms with Crippen LogP contribution in [0, 0.1) is 0 Å². The molecule has 2 aliphatic rings. The smallest absolute Gasteiger partial charge is 0.262 e. The van der Waals surface area contributed by atoms with Crippen molar-refractivity contribution < 1.29 is 19.2 Å². The normalized spacial score (nSPS) is 17.5. The van der Waals surface area contributed by atoms with Gasteiger partial charge in [-0.05, 0) is 37.5 Å². The molecule has 4 rings (SSSR count). The molecule has 160 valence electrons. The van der Waals surface area contributed by atoms with Gasteiger partial charge < -0.3 is 10.2 Å². The molecule has 2 aromatic carbocycles. The van der Waals surface area contributed by atoms with Crippen LogP contribution in [0.2, 0.25) is 0 Å². The highest BCUT2D eigenvalue weighted by Crippen LogP contribution is 2.25. The van der Waals surface area contributed by atoms with E-state index >= 15 is 0 Å². The van der Waals surface area contributed by atoms with Crippen LogP contribution in [0.25, 0.3) is 0 Å². The summed E-state index contributed by atoms with van der Waals surface area (Å²) in [6, 6.07) is 15.3. The van der Waals surface area contributed by atoms with E-state index in [0.29, 0.717) is 43.5 Å². The van der Waals surface area contributed by atoms with Crippen LogP contribution in [-0.2, 0) is 16.0 Å². The number of likely N-dealkylation sites (tertiary alicyclic amines) is 1. The Morgan fingerprint density at radius 1 is 0.935 bits per heavy atom. The van der Waals surface area contributed by atoms with Crippen LogP contribution in [0.3, 0.4) is 0 Å². The Morgan fingerprint density at radius 3 is 2.06 bits per heavy atom. The highest BCUT2D eigenvalue weighted by molar-refractivity contribution is 6.22. The molecule has 2 aliphatic heterocycles. The number of piperidine rings is 1. The van der Waals surface area contributed by atoms with Crippen LogP contribution in [-0.4, -0.2) is 58.6 Å². The van der Waals surface area contributed by atoms with Crippen LogP contribution < -0.4 is 5.32 Å². The fraction of sp³-hybridized carbons (Fsp3) is 0.333. The van der Waals surface area contributed by atoms with Gasteiger partial charge in [-0.25, -0.2) is 0 Å². The number of carbonyl (C=O) groups excluding carboxylic acids is 4. The van der Waals surface area contributed by atoms with E-state index in [0.717, 1.165) is 10.5 Å². The number of hydrogen-bond acceptors (Lipinski definition) is 4. The van der Waals surface area contributed by atoms with Crippen LogP contribution in [0.5, 0.6) is 0 Å². The van der Waals surface area contributed by atoms with Crippen molar-refractivity contribution in [2.24, 2.45) is 0 Å². The minimum absolute atomic E-state index is 0.00914. The molecule has 1 atom stereocenters. The van der Waals surface area contributed by atoms with E-state index in [1.165, 1.54) is 0 Å². The standard InChI is InChI=1S/C24H25N3O4/c1-16(27-23(30)19-9-5-6-10-20(19)24(27)31)22(29)26-13-11-18(12-14-26)25-21(28)15-17-7-3-2-4-8-17/h2-10,16,18H,11-15H2,1H3,(H,25,28). The lowest BCUT2D eigenvalue weighted by Gasteiger charge is -2.35.